The first kappa shape index (κ1) is 10.9. The molecule has 0 aliphatic rings. The van der Waals surface area contributed by atoms with Gasteiger partial charge in [-0.1, -0.05) is 13.3 Å². The second kappa shape index (κ2) is 6.62. The second-order valence-corrected chi connectivity index (χ2v) is 3.18. The molecular weight excluding hydrogens is 136 g/mol. The lowest BCUT2D eigenvalue weighted by atomic mass is 9.96. The summed E-state index contributed by atoms with van der Waals surface area (Å²) in [5, 5.41) is 6.52. The average Bonchev–Trinajstić information content (AvgIpc) is 2.03. The number of rotatable bonds is 6. The van der Waals surface area contributed by atoms with Gasteiger partial charge >= 0.3 is 0 Å². The first-order valence-corrected chi connectivity index (χ1v) is 4.58. The summed E-state index contributed by atoms with van der Waals surface area (Å²) in [4.78, 5) is 0. The summed E-state index contributed by atoms with van der Waals surface area (Å²) >= 11 is 0. The van der Waals surface area contributed by atoms with Gasteiger partial charge in [-0.05, 0) is 39.9 Å². The maximum Gasteiger partial charge on any atom is 0.00761 e. The molecule has 2 N–H and O–H groups in total. The van der Waals surface area contributed by atoms with E-state index in [1.54, 1.807) is 0 Å². The van der Waals surface area contributed by atoms with E-state index in [9.17, 15) is 0 Å². The van der Waals surface area contributed by atoms with Crippen molar-refractivity contribution < 1.29 is 0 Å². The molecule has 0 radical (unpaired) electrons. The summed E-state index contributed by atoms with van der Waals surface area (Å²) < 4.78 is 0. The van der Waals surface area contributed by atoms with Crippen LogP contribution in [0.4, 0.5) is 0 Å². The largest absolute Gasteiger partial charge is 0.319 e. The Bertz CT molecular complexity index is 77.6. The Labute approximate surface area is 70.8 Å². The van der Waals surface area contributed by atoms with Crippen LogP contribution in [0.5, 0.6) is 0 Å². The molecule has 0 fully saturated rings. The standard InChI is InChI=1S/C9H22N2/c1-5-6-9(7-10-3)8(2)11-4/h8-11H,5-7H2,1-4H3. The summed E-state index contributed by atoms with van der Waals surface area (Å²) in [7, 11) is 4.05. The van der Waals surface area contributed by atoms with Crippen molar-refractivity contribution in [3.63, 3.8) is 0 Å². The predicted molar refractivity (Wildman–Crippen MR) is 50.8 cm³/mol. The van der Waals surface area contributed by atoms with Crippen LogP contribution in [0.25, 0.3) is 0 Å². The summed E-state index contributed by atoms with van der Waals surface area (Å²) in [6, 6.07) is 0.627. The van der Waals surface area contributed by atoms with Gasteiger partial charge in [0.05, 0.1) is 0 Å². The van der Waals surface area contributed by atoms with Gasteiger partial charge in [-0.25, -0.2) is 0 Å². The third-order valence-corrected chi connectivity index (χ3v) is 2.29. The predicted octanol–water partition coefficient (Wildman–Crippen LogP) is 1.23. The molecule has 0 aromatic heterocycles. The van der Waals surface area contributed by atoms with Crippen LogP contribution < -0.4 is 10.6 Å². The molecule has 2 unspecified atom stereocenters. The first-order chi connectivity index (χ1) is 5.26. The highest BCUT2D eigenvalue weighted by molar-refractivity contribution is 4.71. The molecule has 0 heterocycles. The monoisotopic (exact) mass is 158 g/mol. The van der Waals surface area contributed by atoms with Crippen LogP contribution in [0, 0.1) is 5.92 Å². The Morgan fingerprint density at radius 3 is 2.27 bits per heavy atom. The van der Waals surface area contributed by atoms with Gasteiger partial charge in [-0.3, -0.25) is 0 Å². The van der Waals surface area contributed by atoms with Crippen LogP contribution in [-0.4, -0.2) is 26.7 Å². The Kier molecular flexibility index (Phi) is 6.57. The van der Waals surface area contributed by atoms with E-state index in [1.165, 1.54) is 12.8 Å². The molecule has 0 bridgehead atoms. The van der Waals surface area contributed by atoms with Crippen LogP contribution in [0.3, 0.4) is 0 Å². The van der Waals surface area contributed by atoms with Crippen LogP contribution in [0.15, 0.2) is 0 Å². The quantitative estimate of drug-likeness (QED) is 0.607. The van der Waals surface area contributed by atoms with Crippen molar-refractivity contribution >= 4 is 0 Å². The summed E-state index contributed by atoms with van der Waals surface area (Å²) in [6.45, 7) is 5.61. The van der Waals surface area contributed by atoms with Gasteiger partial charge < -0.3 is 10.6 Å². The molecule has 0 spiro atoms. The minimum atomic E-state index is 0.627. The lowest BCUT2D eigenvalue weighted by Gasteiger charge is -2.22. The number of hydrogen-bond donors (Lipinski definition) is 2. The fourth-order valence-corrected chi connectivity index (χ4v) is 1.40. The fourth-order valence-electron chi connectivity index (χ4n) is 1.40. The highest BCUT2D eigenvalue weighted by atomic mass is 14.9. The fraction of sp³-hybridized carbons (Fsp3) is 1.00. The molecule has 0 saturated heterocycles. The molecule has 2 nitrogen and oxygen atoms in total. The zero-order valence-corrected chi connectivity index (χ0v) is 8.28. The molecule has 0 aromatic rings. The van der Waals surface area contributed by atoms with Gasteiger partial charge in [0.2, 0.25) is 0 Å². The first-order valence-electron chi connectivity index (χ1n) is 4.58. The Hall–Kier alpha value is -0.0800. The molecule has 11 heavy (non-hydrogen) atoms. The minimum Gasteiger partial charge on any atom is -0.319 e. The molecule has 0 amide bonds. The van der Waals surface area contributed by atoms with Gasteiger partial charge in [0.15, 0.2) is 0 Å². The van der Waals surface area contributed by atoms with Crippen LogP contribution in [0.2, 0.25) is 0 Å². The maximum atomic E-state index is 3.29. The minimum absolute atomic E-state index is 0.627. The topological polar surface area (TPSA) is 24.1 Å². The SMILES string of the molecule is CCCC(CNC)C(C)NC. The van der Waals surface area contributed by atoms with Crippen LogP contribution >= 0.6 is 0 Å². The second-order valence-electron chi connectivity index (χ2n) is 3.18. The molecule has 0 aromatic carbocycles. The van der Waals surface area contributed by atoms with Gasteiger partial charge in [0, 0.05) is 6.04 Å². The Balaban J connectivity index is 3.66. The van der Waals surface area contributed by atoms with E-state index in [2.05, 4.69) is 24.5 Å². The smallest absolute Gasteiger partial charge is 0.00761 e. The van der Waals surface area contributed by atoms with E-state index >= 15 is 0 Å². The van der Waals surface area contributed by atoms with E-state index in [4.69, 9.17) is 0 Å². The van der Waals surface area contributed by atoms with Gasteiger partial charge in [0.1, 0.15) is 0 Å². The maximum absolute atomic E-state index is 3.29. The van der Waals surface area contributed by atoms with Gasteiger partial charge in [-0.2, -0.15) is 0 Å². The Morgan fingerprint density at radius 1 is 1.27 bits per heavy atom. The van der Waals surface area contributed by atoms with Crippen molar-refractivity contribution in [2.24, 2.45) is 5.92 Å². The summed E-state index contributed by atoms with van der Waals surface area (Å²) in [6.07, 6.45) is 2.58. The number of hydrogen-bond acceptors (Lipinski definition) is 2. The molecule has 0 aliphatic heterocycles. The van der Waals surface area contributed by atoms with Crippen molar-refractivity contribution in [1.29, 1.82) is 0 Å². The van der Waals surface area contributed by atoms with E-state index in [1.807, 2.05) is 14.1 Å². The molecule has 2 atom stereocenters. The van der Waals surface area contributed by atoms with Gasteiger partial charge in [0.25, 0.3) is 0 Å². The highest BCUT2D eigenvalue weighted by Crippen LogP contribution is 2.09. The van der Waals surface area contributed by atoms with Gasteiger partial charge in [-0.15, -0.1) is 0 Å². The summed E-state index contributed by atoms with van der Waals surface area (Å²) in [5.41, 5.74) is 0. The Morgan fingerprint density at radius 2 is 1.91 bits per heavy atom. The highest BCUT2D eigenvalue weighted by Gasteiger charge is 2.12. The van der Waals surface area contributed by atoms with Crippen molar-refractivity contribution in [3.8, 4) is 0 Å². The van der Waals surface area contributed by atoms with E-state index in [-0.39, 0.29) is 0 Å². The molecule has 68 valence electrons. The molecular formula is C9H22N2. The number of nitrogens with one attached hydrogen (secondary N) is 2. The summed E-state index contributed by atoms with van der Waals surface area (Å²) in [5.74, 6) is 0.773. The molecule has 0 aliphatic carbocycles. The van der Waals surface area contributed by atoms with E-state index in [0.717, 1.165) is 12.5 Å². The van der Waals surface area contributed by atoms with E-state index in [0.29, 0.717) is 6.04 Å². The van der Waals surface area contributed by atoms with Crippen molar-refractivity contribution in [1.82, 2.24) is 10.6 Å². The average molecular weight is 158 g/mol. The third-order valence-electron chi connectivity index (χ3n) is 2.29. The molecule has 0 rings (SSSR count). The van der Waals surface area contributed by atoms with Crippen LogP contribution in [-0.2, 0) is 0 Å². The van der Waals surface area contributed by atoms with Crippen molar-refractivity contribution in [2.45, 2.75) is 32.7 Å². The van der Waals surface area contributed by atoms with Crippen LogP contribution in [0.1, 0.15) is 26.7 Å². The lowest BCUT2D eigenvalue weighted by Crippen LogP contribution is -2.36. The third kappa shape index (κ3) is 4.38. The normalized spacial score (nSPS) is 16.4. The van der Waals surface area contributed by atoms with E-state index < -0.39 is 0 Å². The zero-order valence-electron chi connectivity index (χ0n) is 8.28. The zero-order chi connectivity index (χ0) is 8.69. The van der Waals surface area contributed by atoms with Crippen molar-refractivity contribution in [3.05, 3.63) is 0 Å². The molecule has 0 saturated carbocycles. The lowest BCUT2D eigenvalue weighted by molar-refractivity contribution is 0.358. The molecule has 2 heteroatoms. The van der Waals surface area contributed by atoms with Crippen molar-refractivity contribution in [2.75, 3.05) is 20.6 Å².